The fourth-order valence-corrected chi connectivity index (χ4v) is 8.24. The van der Waals surface area contributed by atoms with Gasteiger partial charge in [0.15, 0.2) is 17.7 Å². The van der Waals surface area contributed by atoms with Gasteiger partial charge in [-0.1, -0.05) is 19.9 Å². The van der Waals surface area contributed by atoms with Gasteiger partial charge in [-0.3, -0.25) is 9.80 Å². The molecule has 0 aliphatic carbocycles. The fourth-order valence-electron chi connectivity index (χ4n) is 7.06. The number of hydrogen-bond donors (Lipinski definition) is 1. The third-order valence-electron chi connectivity index (χ3n) is 7.76. The first kappa shape index (κ1) is 20.5. The normalized spacial score (nSPS) is 39.1. The molecule has 2 aromatic rings. The molecule has 0 radical (unpaired) electrons. The maximum atomic E-state index is 12.7. The molecule has 5 aliphatic heterocycles. The molecule has 7 rings (SSSR count). The highest BCUT2D eigenvalue weighted by atomic mass is 32.1. The summed E-state index contributed by atoms with van der Waals surface area (Å²) in [7, 11) is 3.12. The Bertz CT molecular complexity index is 1030. The molecule has 4 bridgehead atoms. The van der Waals surface area contributed by atoms with Crippen LogP contribution in [0, 0.1) is 10.8 Å². The van der Waals surface area contributed by atoms with Gasteiger partial charge in [0, 0.05) is 53.4 Å². The van der Waals surface area contributed by atoms with Crippen LogP contribution in [-0.2, 0) is 4.74 Å². The number of ether oxygens (including phenoxy) is 3. The van der Waals surface area contributed by atoms with E-state index in [0.29, 0.717) is 23.0 Å². The molecular formula is C24H29N3O4S. The summed E-state index contributed by atoms with van der Waals surface area (Å²) in [5.74, 6) is 1.17. The van der Waals surface area contributed by atoms with Crippen molar-refractivity contribution in [3.05, 3.63) is 45.6 Å². The van der Waals surface area contributed by atoms with Gasteiger partial charge in [-0.15, -0.1) is 11.3 Å². The Balaban J connectivity index is 1.28. The van der Waals surface area contributed by atoms with Crippen LogP contribution >= 0.6 is 11.3 Å². The van der Waals surface area contributed by atoms with Crippen molar-refractivity contribution in [2.45, 2.75) is 32.3 Å². The second-order valence-corrected chi connectivity index (χ2v) is 11.1. The largest absolute Gasteiger partial charge is 0.493 e. The van der Waals surface area contributed by atoms with E-state index < -0.39 is 6.23 Å². The van der Waals surface area contributed by atoms with Gasteiger partial charge in [0.1, 0.15) is 11.9 Å². The summed E-state index contributed by atoms with van der Waals surface area (Å²) in [6.07, 6.45) is -0.467. The van der Waals surface area contributed by atoms with E-state index in [4.69, 9.17) is 14.2 Å². The minimum absolute atomic E-state index is 0.0392. The number of carbonyl (C=O) groups is 1. The molecule has 1 atom stereocenters. The van der Waals surface area contributed by atoms with E-state index >= 15 is 0 Å². The average molecular weight is 456 g/mol. The van der Waals surface area contributed by atoms with Gasteiger partial charge in [0.25, 0.3) is 0 Å². The Morgan fingerprint density at radius 3 is 2.31 bits per heavy atom. The van der Waals surface area contributed by atoms with Crippen LogP contribution in [0.15, 0.2) is 29.6 Å². The van der Waals surface area contributed by atoms with Gasteiger partial charge < -0.3 is 14.2 Å². The quantitative estimate of drug-likeness (QED) is 0.695. The van der Waals surface area contributed by atoms with Gasteiger partial charge in [0.2, 0.25) is 0 Å². The number of rotatable bonds is 5. The Kier molecular flexibility index (Phi) is 4.44. The maximum absolute atomic E-state index is 12.7. The van der Waals surface area contributed by atoms with Crippen LogP contribution in [0.1, 0.15) is 46.8 Å². The molecule has 4 fully saturated rings. The van der Waals surface area contributed by atoms with Crippen molar-refractivity contribution >= 4 is 17.3 Å². The van der Waals surface area contributed by atoms with Gasteiger partial charge in [-0.05, 0) is 23.6 Å². The molecule has 0 saturated carbocycles. The van der Waals surface area contributed by atoms with Crippen LogP contribution in [0.5, 0.6) is 11.5 Å². The first-order valence-electron chi connectivity index (χ1n) is 11.1. The van der Waals surface area contributed by atoms with Gasteiger partial charge >= 0.3 is 5.97 Å². The van der Waals surface area contributed by atoms with Crippen molar-refractivity contribution in [2.75, 3.05) is 40.4 Å². The predicted octanol–water partition coefficient (Wildman–Crippen LogP) is 3.25. The van der Waals surface area contributed by atoms with Crippen molar-refractivity contribution in [3.63, 3.8) is 0 Å². The molecule has 0 spiro atoms. The number of thiophene rings is 1. The van der Waals surface area contributed by atoms with E-state index in [2.05, 4.69) is 46.5 Å². The zero-order chi connectivity index (χ0) is 22.3. The monoisotopic (exact) mass is 455 g/mol. The molecule has 5 aliphatic rings. The first-order chi connectivity index (χ1) is 15.4. The van der Waals surface area contributed by atoms with Crippen LogP contribution in [0.25, 0.3) is 0 Å². The van der Waals surface area contributed by atoms with Crippen molar-refractivity contribution in [1.82, 2.24) is 15.1 Å². The smallest absolute Gasteiger partial charge is 0.344 e. The maximum Gasteiger partial charge on any atom is 0.344 e. The number of cyclic esters (lactones) is 1. The van der Waals surface area contributed by atoms with Crippen LogP contribution in [0.2, 0.25) is 0 Å². The van der Waals surface area contributed by atoms with Gasteiger partial charge in [-0.25, -0.2) is 10.1 Å². The molecule has 1 aromatic heterocycles. The van der Waals surface area contributed by atoms with Crippen LogP contribution in [-0.4, -0.2) is 62.5 Å². The highest BCUT2D eigenvalue weighted by Crippen LogP contribution is 2.60. The summed E-state index contributed by atoms with van der Waals surface area (Å²) in [6, 6.07) is 8.22. The number of nitrogens with zero attached hydrogens (tertiary/aromatic N) is 2. The predicted molar refractivity (Wildman–Crippen MR) is 121 cm³/mol. The standard InChI is InChI=1S/C24H29N3O4S/c1-23-10-26-12-24(2,19(23)16-6-5-9-32-16)13-27(11-23)22(26)25-20-14-7-8-15(29-3)18(30-4)17(14)21(28)31-20/h5-9,19-20,22,25H,10-13H2,1-4H3/t19?,20-,22?,23?,24?/m1/s1. The lowest BCUT2D eigenvalue weighted by atomic mass is 9.55. The van der Waals surface area contributed by atoms with E-state index in [0.717, 1.165) is 31.7 Å². The highest BCUT2D eigenvalue weighted by Gasteiger charge is 2.63. The Morgan fingerprint density at radius 1 is 1.06 bits per heavy atom. The number of esters is 1. The summed E-state index contributed by atoms with van der Waals surface area (Å²) in [5.41, 5.74) is 1.66. The van der Waals surface area contributed by atoms with Crippen molar-refractivity contribution in [3.8, 4) is 11.5 Å². The summed E-state index contributed by atoms with van der Waals surface area (Å²) in [4.78, 5) is 19.3. The lowest BCUT2D eigenvalue weighted by Gasteiger charge is -2.69. The third kappa shape index (κ3) is 2.73. The van der Waals surface area contributed by atoms with E-state index in [1.807, 2.05) is 23.5 Å². The lowest BCUT2D eigenvalue weighted by molar-refractivity contribution is -0.221. The summed E-state index contributed by atoms with van der Waals surface area (Å²) >= 11 is 1.89. The van der Waals surface area contributed by atoms with Crippen molar-refractivity contribution in [1.29, 1.82) is 0 Å². The third-order valence-corrected chi connectivity index (χ3v) is 8.70. The zero-order valence-corrected chi connectivity index (χ0v) is 19.7. The van der Waals surface area contributed by atoms with Crippen molar-refractivity contribution in [2.24, 2.45) is 10.8 Å². The van der Waals surface area contributed by atoms with E-state index in [-0.39, 0.29) is 23.1 Å². The molecule has 0 amide bonds. The van der Waals surface area contributed by atoms with Crippen LogP contribution in [0.4, 0.5) is 0 Å². The molecule has 4 saturated heterocycles. The molecular weight excluding hydrogens is 426 g/mol. The highest BCUT2D eigenvalue weighted by molar-refractivity contribution is 7.10. The number of benzene rings is 1. The number of carbonyl (C=O) groups excluding carboxylic acids is 1. The second-order valence-electron chi connectivity index (χ2n) is 10.2. The number of hydrogen-bond acceptors (Lipinski definition) is 8. The van der Waals surface area contributed by atoms with E-state index in [1.54, 1.807) is 14.2 Å². The SMILES string of the molecule is COc1ccc2c(c1OC)C(=O)O[C@H]2NC1N2CC3(C)CN1CC(C)(C2)C3c1cccs1. The first-order valence-corrected chi connectivity index (χ1v) is 12.0. The minimum atomic E-state index is -0.506. The van der Waals surface area contributed by atoms with Gasteiger partial charge in [-0.2, -0.15) is 0 Å². The fraction of sp³-hybridized carbons (Fsp3) is 0.542. The van der Waals surface area contributed by atoms with E-state index in [1.165, 1.54) is 4.88 Å². The number of methoxy groups -OCH3 is 2. The van der Waals surface area contributed by atoms with Crippen LogP contribution < -0.4 is 14.8 Å². The number of piperidine rings is 2. The Morgan fingerprint density at radius 2 is 1.75 bits per heavy atom. The molecule has 7 nitrogen and oxygen atoms in total. The lowest BCUT2D eigenvalue weighted by Crippen LogP contribution is -2.79. The summed E-state index contributed by atoms with van der Waals surface area (Å²) in [6.45, 7) is 8.98. The zero-order valence-electron chi connectivity index (χ0n) is 18.9. The van der Waals surface area contributed by atoms with Gasteiger partial charge in [0.05, 0.1) is 14.2 Å². The molecule has 0 unspecified atom stereocenters. The van der Waals surface area contributed by atoms with Crippen LogP contribution in [0.3, 0.4) is 0 Å². The topological polar surface area (TPSA) is 63.3 Å². The number of nitrogens with one attached hydrogen (secondary N) is 1. The molecule has 170 valence electrons. The molecule has 1 N–H and O–H groups in total. The summed E-state index contributed by atoms with van der Waals surface area (Å²) in [5, 5.41) is 5.84. The minimum Gasteiger partial charge on any atom is -0.493 e. The Hall–Kier alpha value is -2.13. The van der Waals surface area contributed by atoms with Crippen molar-refractivity contribution < 1.29 is 19.0 Å². The number of fused-ring (bicyclic) bond motifs is 1. The van der Waals surface area contributed by atoms with E-state index in [9.17, 15) is 4.79 Å². The second kappa shape index (κ2) is 6.93. The molecule has 6 heterocycles. The Labute approximate surface area is 192 Å². The average Bonchev–Trinajstić information content (AvgIpc) is 3.36. The molecule has 1 aromatic carbocycles. The molecule has 8 heteroatoms. The summed E-state index contributed by atoms with van der Waals surface area (Å²) < 4.78 is 16.6. The molecule has 32 heavy (non-hydrogen) atoms.